The summed E-state index contributed by atoms with van der Waals surface area (Å²) in [6, 6.07) is 10.7. The smallest absolute Gasteiger partial charge is 0.242 e. The lowest BCUT2D eigenvalue weighted by molar-refractivity contribution is -0.124. The van der Waals surface area contributed by atoms with E-state index < -0.39 is 15.4 Å². The molecular weight excluding hydrogens is 367 g/mol. The van der Waals surface area contributed by atoms with Crippen molar-refractivity contribution in [3.05, 3.63) is 59.4 Å². The van der Waals surface area contributed by atoms with Crippen LogP contribution in [-0.2, 0) is 20.2 Å². The largest absolute Gasteiger partial charge is 0.325 e. The lowest BCUT2D eigenvalue weighted by Gasteiger charge is -2.40. The summed E-state index contributed by atoms with van der Waals surface area (Å²) in [5.74, 6) is -0.533. The highest BCUT2D eigenvalue weighted by Crippen LogP contribution is 2.44. The van der Waals surface area contributed by atoms with Gasteiger partial charge in [-0.1, -0.05) is 24.6 Å². The third-order valence-electron chi connectivity index (χ3n) is 5.27. The van der Waals surface area contributed by atoms with Crippen LogP contribution in [0.3, 0.4) is 0 Å². The minimum atomic E-state index is -3.60. The molecule has 7 heteroatoms. The first-order valence-electron chi connectivity index (χ1n) is 8.77. The van der Waals surface area contributed by atoms with Crippen LogP contribution < -0.4 is 5.32 Å². The van der Waals surface area contributed by atoms with Gasteiger partial charge in [0.1, 0.15) is 5.82 Å². The first-order valence-corrected chi connectivity index (χ1v) is 10.2. The molecule has 3 rings (SSSR count). The Hall–Kier alpha value is -2.25. The molecule has 0 bridgehead atoms. The molecule has 27 heavy (non-hydrogen) atoms. The van der Waals surface area contributed by atoms with Crippen LogP contribution in [0.25, 0.3) is 0 Å². The molecule has 1 aliphatic rings. The lowest BCUT2D eigenvalue weighted by atomic mass is 9.63. The molecule has 0 saturated heterocycles. The summed E-state index contributed by atoms with van der Waals surface area (Å²) in [6.07, 6.45) is 2.28. The van der Waals surface area contributed by atoms with E-state index >= 15 is 0 Å². The molecule has 1 amide bonds. The number of carbonyl (C=O) groups excluding carboxylic acids is 1. The van der Waals surface area contributed by atoms with E-state index in [1.165, 1.54) is 38.4 Å². The van der Waals surface area contributed by atoms with Crippen LogP contribution in [0.1, 0.15) is 30.4 Å². The van der Waals surface area contributed by atoms with E-state index in [0.717, 1.165) is 21.9 Å². The van der Waals surface area contributed by atoms with Crippen LogP contribution >= 0.6 is 0 Å². The maximum atomic E-state index is 13.3. The van der Waals surface area contributed by atoms with Crippen molar-refractivity contribution in [3.8, 4) is 0 Å². The molecule has 1 saturated carbocycles. The molecule has 0 aliphatic heterocycles. The number of hydrogen-bond donors (Lipinski definition) is 1. The quantitative estimate of drug-likeness (QED) is 0.850. The molecule has 2 aromatic carbocycles. The number of amides is 1. The van der Waals surface area contributed by atoms with Crippen LogP contribution in [0, 0.1) is 12.7 Å². The molecular formula is C20H23FN2O3S. The van der Waals surface area contributed by atoms with Gasteiger partial charge in [0, 0.05) is 19.8 Å². The molecule has 0 aromatic heterocycles. The van der Waals surface area contributed by atoms with Gasteiger partial charge in [-0.2, -0.15) is 0 Å². The number of nitrogens with zero attached hydrogens (tertiary/aromatic N) is 1. The second kappa shape index (κ2) is 7.05. The zero-order chi connectivity index (χ0) is 19.8. The third-order valence-corrected chi connectivity index (χ3v) is 7.09. The molecule has 5 nitrogen and oxygen atoms in total. The van der Waals surface area contributed by atoms with E-state index in [4.69, 9.17) is 0 Å². The van der Waals surface area contributed by atoms with Gasteiger partial charge >= 0.3 is 0 Å². The van der Waals surface area contributed by atoms with Crippen LogP contribution in [0.5, 0.6) is 0 Å². The summed E-state index contributed by atoms with van der Waals surface area (Å²) in [5.41, 5.74) is 1.32. The second-order valence-corrected chi connectivity index (χ2v) is 9.31. The van der Waals surface area contributed by atoms with E-state index in [1.54, 1.807) is 18.2 Å². The number of halogens is 1. The van der Waals surface area contributed by atoms with Crippen LogP contribution in [0.2, 0.25) is 0 Å². The van der Waals surface area contributed by atoms with E-state index in [-0.39, 0.29) is 16.6 Å². The van der Waals surface area contributed by atoms with Gasteiger partial charge in [-0.15, -0.1) is 0 Å². The number of nitrogens with one attached hydrogen (secondary N) is 1. The van der Waals surface area contributed by atoms with Crippen molar-refractivity contribution in [1.82, 2.24) is 4.31 Å². The second-order valence-electron chi connectivity index (χ2n) is 7.16. The van der Waals surface area contributed by atoms with Gasteiger partial charge in [-0.05, 0) is 55.2 Å². The first-order chi connectivity index (χ1) is 12.7. The predicted octanol–water partition coefficient (Wildman–Crippen LogP) is 3.44. The molecule has 2 aromatic rings. The zero-order valence-corrected chi connectivity index (χ0v) is 16.4. The number of hydrogen-bond acceptors (Lipinski definition) is 3. The normalized spacial score (nSPS) is 16.0. The van der Waals surface area contributed by atoms with Crippen molar-refractivity contribution < 1.29 is 17.6 Å². The van der Waals surface area contributed by atoms with Gasteiger partial charge < -0.3 is 5.32 Å². The van der Waals surface area contributed by atoms with Crippen molar-refractivity contribution >= 4 is 21.6 Å². The molecule has 144 valence electrons. The number of carbonyl (C=O) groups is 1. The Labute approximate surface area is 159 Å². The van der Waals surface area contributed by atoms with Crippen LogP contribution in [0.4, 0.5) is 10.1 Å². The highest BCUT2D eigenvalue weighted by molar-refractivity contribution is 7.89. The summed E-state index contributed by atoms with van der Waals surface area (Å²) in [4.78, 5) is 13.2. The maximum Gasteiger partial charge on any atom is 0.242 e. The molecule has 1 fully saturated rings. The molecule has 0 unspecified atom stereocenters. The van der Waals surface area contributed by atoms with Gasteiger partial charge in [0.15, 0.2) is 0 Å². The first kappa shape index (κ1) is 19.5. The number of sulfonamides is 1. The van der Waals surface area contributed by atoms with Crippen molar-refractivity contribution in [2.45, 2.75) is 36.5 Å². The number of benzene rings is 2. The van der Waals surface area contributed by atoms with Crippen molar-refractivity contribution in [2.24, 2.45) is 0 Å². The third kappa shape index (κ3) is 3.49. The fourth-order valence-corrected chi connectivity index (χ4v) is 4.22. The van der Waals surface area contributed by atoms with Crippen LogP contribution in [-0.4, -0.2) is 32.7 Å². The van der Waals surface area contributed by atoms with Gasteiger partial charge in [0.2, 0.25) is 15.9 Å². The van der Waals surface area contributed by atoms with E-state index in [9.17, 15) is 17.6 Å². The predicted molar refractivity (Wildman–Crippen MR) is 103 cm³/mol. The Morgan fingerprint density at radius 2 is 1.74 bits per heavy atom. The Balaban J connectivity index is 1.92. The molecule has 0 spiro atoms. The Kier molecular flexibility index (Phi) is 5.10. The van der Waals surface area contributed by atoms with E-state index in [0.29, 0.717) is 18.5 Å². The highest BCUT2D eigenvalue weighted by atomic mass is 32.2. The van der Waals surface area contributed by atoms with E-state index in [1.807, 2.05) is 6.92 Å². The average molecular weight is 390 g/mol. The standard InChI is InChI=1S/C20H23FN2O3S/c1-14-5-10-17(27(25,26)23(2)3)13-18(14)22-19(24)20(11-4-12-20)15-6-8-16(21)9-7-15/h5-10,13H,4,11-12H2,1-3H3,(H,22,24). The van der Waals surface area contributed by atoms with Crippen LogP contribution in [0.15, 0.2) is 47.4 Å². The monoisotopic (exact) mass is 390 g/mol. The van der Waals surface area contributed by atoms with Gasteiger partial charge in [0.25, 0.3) is 0 Å². The molecule has 0 radical (unpaired) electrons. The minimum Gasteiger partial charge on any atom is -0.325 e. The Morgan fingerprint density at radius 1 is 1.11 bits per heavy atom. The summed E-state index contributed by atoms with van der Waals surface area (Å²) in [6.45, 7) is 1.81. The van der Waals surface area contributed by atoms with Gasteiger partial charge in [-0.25, -0.2) is 17.1 Å². The zero-order valence-electron chi connectivity index (χ0n) is 15.6. The molecule has 1 aliphatic carbocycles. The van der Waals surface area contributed by atoms with Gasteiger partial charge in [0.05, 0.1) is 10.3 Å². The van der Waals surface area contributed by atoms with E-state index in [2.05, 4.69) is 5.32 Å². The SMILES string of the molecule is Cc1ccc(S(=O)(=O)N(C)C)cc1NC(=O)C1(c2ccc(F)cc2)CCC1. The fourth-order valence-electron chi connectivity index (χ4n) is 3.30. The van der Waals surface area contributed by atoms with Crippen molar-refractivity contribution in [1.29, 1.82) is 0 Å². The fraction of sp³-hybridized carbons (Fsp3) is 0.350. The van der Waals surface area contributed by atoms with Crippen molar-refractivity contribution in [2.75, 3.05) is 19.4 Å². The molecule has 0 heterocycles. The Bertz CT molecular complexity index is 965. The maximum absolute atomic E-state index is 13.3. The topological polar surface area (TPSA) is 66.5 Å². The highest BCUT2D eigenvalue weighted by Gasteiger charge is 2.45. The summed E-state index contributed by atoms with van der Waals surface area (Å²) in [7, 11) is -0.668. The van der Waals surface area contributed by atoms with Gasteiger partial charge in [-0.3, -0.25) is 4.79 Å². The summed E-state index contributed by atoms with van der Waals surface area (Å²) in [5, 5.41) is 2.90. The number of rotatable bonds is 5. The Morgan fingerprint density at radius 3 is 2.26 bits per heavy atom. The summed E-state index contributed by atoms with van der Waals surface area (Å²) >= 11 is 0. The average Bonchev–Trinajstić information content (AvgIpc) is 2.57. The number of anilines is 1. The minimum absolute atomic E-state index is 0.123. The van der Waals surface area contributed by atoms with Crippen molar-refractivity contribution in [3.63, 3.8) is 0 Å². The number of aryl methyl sites for hydroxylation is 1. The lowest BCUT2D eigenvalue weighted by Crippen LogP contribution is -2.46. The molecule has 0 atom stereocenters. The molecule has 1 N–H and O–H groups in total. The summed E-state index contributed by atoms with van der Waals surface area (Å²) < 4.78 is 39.1.